The van der Waals surface area contributed by atoms with E-state index in [-0.39, 0.29) is 23.1 Å². The Morgan fingerprint density at radius 2 is 1.76 bits per heavy atom. The number of ether oxygens (including phenoxy) is 1. The van der Waals surface area contributed by atoms with Crippen LogP contribution in [-0.2, 0) is 16.1 Å². The summed E-state index contributed by atoms with van der Waals surface area (Å²) in [7, 11) is 1.61. The van der Waals surface area contributed by atoms with E-state index in [0.29, 0.717) is 53.7 Å². The summed E-state index contributed by atoms with van der Waals surface area (Å²) in [4.78, 5) is 40.0. The second kappa shape index (κ2) is 12.8. The lowest BCUT2D eigenvalue weighted by atomic mass is 10.1. The number of rotatable bonds is 10. The average molecular weight is 538 g/mol. The minimum Gasteiger partial charge on any atom is -0.385 e. The number of hydrogen-bond donors (Lipinski definition) is 2. The Bertz CT molecular complexity index is 1250. The lowest BCUT2D eigenvalue weighted by Crippen LogP contribution is -2.27. The second-order valence-corrected chi connectivity index (χ2v) is 10.0. The first kappa shape index (κ1) is 26.7. The molecular weight excluding hydrogens is 510 g/mol. The van der Waals surface area contributed by atoms with Gasteiger partial charge >= 0.3 is 0 Å². The highest BCUT2D eigenvalue weighted by atomic mass is 35.5. The van der Waals surface area contributed by atoms with E-state index in [4.69, 9.17) is 16.3 Å². The van der Waals surface area contributed by atoms with Crippen molar-refractivity contribution in [2.45, 2.75) is 18.3 Å². The van der Waals surface area contributed by atoms with Crippen LogP contribution >= 0.6 is 23.4 Å². The normalized spacial score (nSPS) is 15.0. The standard InChI is InChI=1S/C28H28ClN3O4S/c1-36-16-4-15-30-27(35)23-5-2-3-6-24(23)31-26(34)20-9-11-21(12-10-20)28-32(25(33)18-37-28)17-19-7-13-22(29)14-8-19/h2-3,5-14,28H,4,15-18H2,1H3,(H,30,35)(H,31,34)/t28-/m0/s1. The van der Waals surface area contributed by atoms with Crippen molar-refractivity contribution in [2.24, 2.45) is 0 Å². The molecule has 0 radical (unpaired) electrons. The number of anilines is 1. The molecular formula is C28H28ClN3O4S. The van der Waals surface area contributed by atoms with Gasteiger partial charge in [-0.25, -0.2) is 0 Å². The Morgan fingerprint density at radius 1 is 1.03 bits per heavy atom. The van der Waals surface area contributed by atoms with Crippen molar-refractivity contribution in [1.29, 1.82) is 0 Å². The maximum atomic E-state index is 13.0. The molecule has 0 spiro atoms. The van der Waals surface area contributed by atoms with Gasteiger partial charge in [0.05, 0.1) is 17.0 Å². The van der Waals surface area contributed by atoms with Crippen molar-refractivity contribution in [3.05, 3.63) is 100 Å². The number of thioether (sulfide) groups is 1. The molecule has 3 aromatic rings. The van der Waals surface area contributed by atoms with E-state index in [1.165, 1.54) is 0 Å². The van der Waals surface area contributed by atoms with Crippen molar-refractivity contribution >= 4 is 46.8 Å². The van der Waals surface area contributed by atoms with E-state index in [1.807, 2.05) is 41.3 Å². The third-order valence-electron chi connectivity index (χ3n) is 5.92. The molecule has 0 aliphatic carbocycles. The van der Waals surface area contributed by atoms with Crippen LogP contribution in [0.5, 0.6) is 0 Å². The highest BCUT2D eigenvalue weighted by Gasteiger charge is 2.32. The molecule has 1 heterocycles. The summed E-state index contributed by atoms with van der Waals surface area (Å²) in [5.41, 5.74) is 3.23. The number of para-hydroxylation sites is 1. The third kappa shape index (κ3) is 6.91. The van der Waals surface area contributed by atoms with Crippen LogP contribution in [0.25, 0.3) is 0 Å². The molecule has 0 bridgehead atoms. The Morgan fingerprint density at radius 3 is 2.49 bits per heavy atom. The molecule has 1 aliphatic heterocycles. The number of halogens is 1. The van der Waals surface area contributed by atoms with Gasteiger partial charge in [0, 0.05) is 37.4 Å². The van der Waals surface area contributed by atoms with Gasteiger partial charge in [0.1, 0.15) is 5.37 Å². The highest BCUT2D eigenvalue weighted by molar-refractivity contribution is 8.00. The molecule has 4 rings (SSSR count). The fourth-order valence-corrected chi connectivity index (χ4v) is 5.30. The van der Waals surface area contributed by atoms with Crippen LogP contribution in [0.15, 0.2) is 72.8 Å². The summed E-state index contributed by atoms with van der Waals surface area (Å²) in [5, 5.41) is 6.21. The molecule has 37 heavy (non-hydrogen) atoms. The van der Waals surface area contributed by atoms with Crippen LogP contribution in [0.3, 0.4) is 0 Å². The zero-order valence-corrected chi connectivity index (χ0v) is 22.0. The number of nitrogens with one attached hydrogen (secondary N) is 2. The molecule has 3 amide bonds. The smallest absolute Gasteiger partial charge is 0.255 e. The zero-order valence-electron chi connectivity index (χ0n) is 20.4. The number of hydrogen-bond acceptors (Lipinski definition) is 5. The van der Waals surface area contributed by atoms with Crippen LogP contribution in [0, 0.1) is 0 Å². The predicted octanol–water partition coefficient (Wildman–Crippen LogP) is 5.13. The molecule has 2 N–H and O–H groups in total. The van der Waals surface area contributed by atoms with Crippen molar-refractivity contribution in [1.82, 2.24) is 10.2 Å². The molecule has 9 heteroatoms. The number of benzene rings is 3. The van der Waals surface area contributed by atoms with Gasteiger partial charge < -0.3 is 20.3 Å². The Kier molecular flexibility index (Phi) is 9.22. The molecule has 0 aromatic heterocycles. The zero-order chi connectivity index (χ0) is 26.2. The Labute approximate surface area is 225 Å². The maximum Gasteiger partial charge on any atom is 0.255 e. The number of nitrogens with zero attached hydrogens (tertiary/aromatic N) is 1. The molecule has 3 aromatic carbocycles. The van der Waals surface area contributed by atoms with Gasteiger partial charge in [-0.3, -0.25) is 14.4 Å². The third-order valence-corrected chi connectivity index (χ3v) is 7.43. The van der Waals surface area contributed by atoms with Crippen molar-refractivity contribution in [2.75, 3.05) is 31.3 Å². The van der Waals surface area contributed by atoms with E-state index in [0.717, 1.165) is 11.1 Å². The minimum atomic E-state index is -0.320. The first-order valence-electron chi connectivity index (χ1n) is 11.9. The summed E-state index contributed by atoms with van der Waals surface area (Å²) >= 11 is 7.55. The summed E-state index contributed by atoms with van der Waals surface area (Å²) < 4.78 is 5.00. The lowest BCUT2D eigenvalue weighted by molar-refractivity contribution is -0.128. The Hall–Kier alpha value is -3.33. The monoisotopic (exact) mass is 537 g/mol. The molecule has 1 saturated heterocycles. The van der Waals surface area contributed by atoms with Gasteiger partial charge in [0.2, 0.25) is 5.91 Å². The van der Waals surface area contributed by atoms with E-state index in [9.17, 15) is 14.4 Å². The van der Waals surface area contributed by atoms with Crippen LogP contribution < -0.4 is 10.6 Å². The quantitative estimate of drug-likeness (QED) is 0.350. The van der Waals surface area contributed by atoms with E-state index in [1.54, 1.807) is 55.3 Å². The van der Waals surface area contributed by atoms with Crippen LogP contribution in [0.1, 0.15) is 43.6 Å². The summed E-state index contributed by atoms with van der Waals surface area (Å²) in [6.07, 6.45) is 0.700. The summed E-state index contributed by atoms with van der Waals surface area (Å²) in [6, 6.07) is 21.6. The van der Waals surface area contributed by atoms with Gasteiger partial charge in [-0.15, -0.1) is 11.8 Å². The average Bonchev–Trinajstić information content (AvgIpc) is 3.28. The molecule has 7 nitrogen and oxygen atoms in total. The van der Waals surface area contributed by atoms with Gasteiger partial charge in [0.25, 0.3) is 11.8 Å². The summed E-state index contributed by atoms with van der Waals surface area (Å²) in [5.74, 6) is -0.0977. The molecule has 192 valence electrons. The van der Waals surface area contributed by atoms with Crippen molar-refractivity contribution in [3.63, 3.8) is 0 Å². The number of carbonyl (C=O) groups excluding carboxylic acids is 3. The van der Waals surface area contributed by atoms with Gasteiger partial charge in [-0.05, 0) is 53.9 Å². The lowest BCUT2D eigenvalue weighted by Gasteiger charge is -2.24. The molecule has 0 saturated carbocycles. The van der Waals surface area contributed by atoms with Gasteiger partial charge in [-0.2, -0.15) is 0 Å². The van der Waals surface area contributed by atoms with Crippen molar-refractivity contribution in [3.8, 4) is 0 Å². The topological polar surface area (TPSA) is 87.7 Å². The Balaban J connectivity index is 1.42. The molecule has 1 fully saturated rings. The van der Waals surface area contributed by atoms with Gasteiger partial charge in [-0.1, -0.05) is 48.0 Å². The molecule has 1 aliphatic rings. The number of methoxy groups -OCH3 is 1. The van der Waals surface area contributed by atoms with Crippen molar-refractivity contribution < 1.29 is 19.1 Å². The number of amides is 3. The van der Waals surface area contributed by atoms with Gasteiger partial charge in [0.15, 0.2) is 0 Å². The largest absolute Gasteiger partial charge is 0.385 e. The maximum absolute atomic E-state index is 13.0. The van der Waals surface area contributed by atoms with E-state index >= 15 is 0 Å². The minimum absolute atomic E-state index is 0.0730. The second-order valence-electron chi connectivity index (χ2n) is 8.54. The van der Waals surface area contributed by atoms with Crippen LogP contribution in [0.4, 0.5) is 5.69 Å². The first-order chi connectivity index (χ1) is 18.0. The fraction of sp³-hybridized carbons (Fsp3) is 0.250. The van der Waals surface area contributed by atoms with Crippen LogP contribution in [-0.4, -0.2) is 48.6 Å². The van der Waals surface area contributed by atoms with E-state index in [2.05, 4.69) is 10.6 Å². The fourth-order valence-electron chi connectivity index (χ4n) is 3.99. The SMILES string of the molecule is COCCCNC(=O)c1ccccc1NC(=O)c1ccc([C@@H]2SCC(=O)N2Cc2ccc(Cl)cc2)cc1. The predicted molar refractivity (Wildman–Crippen MR) is 147 cm³/mol. The number of carbonyl (C=O) groups is 3. The van der Waals surface area contributed by atoms with E-state index < -0.39 is 0 Å². The molecule has 1 atom stereocenters. The highest BCUT2D eigenvalue weighted by Crippen LogP contribution is 2.39. The summed E-state index contributed by atoms with van der Waals surface area (Å²) in [6.45, 7) is 1.52. The first-order valence-corrected chi connectivity index (χ1v) is 13.3. The molecule has 0 unspecified atom stereocenters. The van der Waals surface area contributed by atoms with Crippen LogP contribution in [0.2, 0.25) is 5.02 Å².